The summed E-state index contributed by atoms with van der Waals surface area (Å²) in [6, 6.07) is 4.77. The number of hydrogen-bond acceptors (Lipinski definition) is 12. The number of fused-ring (bicyclic) bond motifs is 2. The third kappa shape index (κ3) is 12.1. The monoisotopic (exact) mass is 941 g/mol. The molecule has 0 aromatic heterocycles. The number of nitrogens with zero attached hydrogens (tertiary/aromatic N) is 2. The lowest BCUT2D eigenvalue weighted by Crippen LogP contribution is -2.31. The zero-order valence-electron chi connectivity index (χ0n) is 35.8. The lowest BCUT2D eigenvalue weighted by Gasteiger charge is -2.29. The Labute approximate surface area is 365 Å². The van der Waals surface area contributed by atoms with Crippen molar-refractivity contribution in [2.75, 3.05) is 50.0 Å². The van der Waals surface area contributed by atoms with Crippen LogP contribution in [-0.4, -0.2) is 123 Å². The van der Waals surface area contributed by atoms with E-state index in [4.69, 9.17) is 4.18 Å². The average molecular weight is 942 g/mol. The van der Waals surface area contributed by atoms with Gasteiger partial charge in [0.1, 0.15) is 6.54 Å². The number of carboxylic acids is 2. The number of hydrogen-bond donors (Lipinski definition) is 3. The third-order valence-corrected chi connectivity index (χ3v) is 16.0. The van der Waals surface area contributed by atoms with E-state index in [1.165, 1.54) is 18.4 Å². The van der Waals surface area contributed by atoms with E-state index in [2.05, 4.69) is 10.1 Å². The van der Waals surface area contributed by atoms with E-state index in [-0.39, 0.29) is 49.3 Å². The van der Waals surface area contributed by atoms with Crippen LogP contribution in [0.1, 0.15) is 71.3 Å². The van der Waals surface area contributed by atoms with Gasteiger partial charge in [-0.2, -0.15) is 25.3 Å². The molecule has 3 N–H and O–H groups in total. The quantitative estimate of drug-likeness (QED) is 0.0353. The van der Waals surface area contributed by atoms with E-state index in [9.17, 15) is 53.8 Å². The molecular weight excluding hydrogens is 885 g/mol. The highest BCUT2D eigenvalue weighted by molar-refractivity contribution is 7.99. The van der Waals surface area contributed by atoms with Crippen molar-refractivity contribution >= 4 is 69.1 Å². The fourth-order valence-electron chi connectivity index (χ4n) is 8.31. The molecule has 1 aromatic carbocycles. The zero-order chi connectivity index (χ0) is 46.5. The van der Waals surface area contributed by atoms with E-state index in [0.29, 0.717) is 52.5 Å². The van der Waals surface area contributed by atoms with Gasteiger partial charge in [0, 0.05) is 59.0 Å². The fraction of sp³-hybridized carbons (Fsp3) is 0.476. The molecule has 0 saturated heterocycles. The maximum absolute atomic E-state index is 13.0. The van der Waals surface area contributed by atoms with Gasteiger partial charge < -0.3 is 15.1 Å². The van der Waals surface area contributed by atoms with Gasteiger partial charge in [0.05, 0.1) is 48.9 Å². The highest BCUT2D eigenvalue weighted by Crippen LogP contribution is 2.51. The molecule has 0 radical (unpaired) electrons. The Morgan fingerprint density at radius 1 is 0.935 bits per heavy atom. The van der Waals surface area contributed by atoms with Gasteiger partial charge in [-0.1, -0.05) is 36.0 Å². The second-order valence-corrected chi connectivity index (χ2v) is 23.7. The van der Waals surface area contributed by atoms with Crippen molar-refractivity contribution in [3.05, 3.63) is 94.1 Å². The van der Waals surface area contributed by atoms with E-state index in [1.807, 2.05) is 16.4 Å². The first-order chi connectivity index (χ1) is 28.7. The van der Waals surface area contributed by atoms with Crippen LogP contribution in [0.5, 0.6) is 0 Å². The first-order valence-corrected chi connectivity index (χ1v) is 26.4. The van der Waals surface area contributed by atoms with E-state index >= 15 is 0 Å². The van der Waals surface area contributed by atoms with Gasteiger partial charge in [-0.15, -0.1) is 0 Å². The van der Waals surface area contributed by atoms with Crippen LogP contribution in [0.4, 0.5) is 5.69 Å². The molecule has 1 aromatic rings. The molecule has 4 unspecified atom stereocenters. The van der Waals surface area contributed by atoms with Crippen LogP contribution in [0, 0.1) is 5.41 Å². The minimum absolute atomic E-state index is 0.0929. The van der Waals surface area contributed by atoms with Gasteiger partial charge in [-0.05, 0) is 91.3 Å². The van der Waals surface area contributed by atoms with Crippen LogP contribution in [-0.2, 0) is 63.2 Å². The Hall–Kier alpha value is -4.18. The third-order valence-electron chi connectivity index (χ3n) is 11.4. The van der Waals surface area contributed by atoms with Crippen LogP contribution in [0.3, 0.4) is 0 Å². The SMILES string of the molecule is C=S(C)(=O)c1ccc2c(c1)C(C)(CC(=O)O)\C(=C/C=C/C(C)=C/C=C/C1=[N+](CCCCS(=O)(=O)O)C3CC=C(S(=O)(=O)OC)C=C3C1(C)CC(=O)O)N2CCCCS(=O)(=O)OC. The van der Waals surface area contributed by atoms with Gasteiger partial charge in [0.15, 0.2) is 11.8 Å². The summed E-state index contributed by atoms with van der Waals surface area (Å²) in [4.78, 5) is 27.0. The minimum atomic E-state index is -4.21. The Balaban J connectivity index is 1.75. The lowest BCUT2D eigenvalue weighted by atomic mass is 9.73. The van der Waals surface area contributed by atoms with Crippen molar-refractivity contribution in [1.82, 2.24) is 0 Å². The number of benzene rings is 1. The lowest BCUT2D eigenvalue weighted by molar-refractivity contribution is -0.550. The Morgan fingerprint density at radius 3 is 2.18 bits per heavy atom. The number of anilines is 1. The van der Waals surface area contributed by atoms with E-state index < -0.39 is 74.4 Å². The van der Waals surface area contributed by atoms with E-state index in [1.54, 1.807) is 68.5 Å². The Kier molecular flexibility index (Phi) is 16.0. The molecule has 1 aliphatic carbocycles. The molecule has 0 spiro atoms. The van der Waals surface area contributed by atoms with Crippen LogP contribution in [0.25, 0.3) is 0 Å². The molecule has 4 atom stereocenters. The predicted molar refractivity (Wildman–Crippen MR) is 240 cm³/mol. The molecule has 0 bridgehead atoms. The highest BCUT2D eigenvalue weighted by atomic mass is 32.2. The average Bonchev–Trinajstić information content (AvgIpc) is 3.52. The summed E-state index contributed by atoms with van der Waals surface area (Å²) in [6.07, 6.45) is 15.8. The molecular formula is C42H57N2O14S4+. The summed E-state index contributed by atoms with van der Waals surface area (Å²) in [5, 5.41) is 20.2. The number of aliphatic carboxylic acids is 2. The number of rotatable bonds is 22. The summed E-state index contributed by atoms with van der Waals surface area (Å²) in [5.41, 5.74) is 1.57. The first kappa shape index (κ1) is 50.5. The smallest absolute Gasteiger partial charge is 0.304 e. The van der Waals surface area contributed by atoms with Crippen molar-refractivity contribution in [2.45, 2.75) is 82.1 Å². The second-order valence-electron chi connectivity index (χ2n) is 16.1. The molecule has 4 rings (SSSR count). The number of carboxylic acid groups (broad SMARTS) is 2. The molecule has 342 valence electrons. The normalized spacial score (nSPS) is 23.8. The van der Waals surface area contributed by atoms with Crippen molar-refractivity contribution in [3.63, 3.8) is 0 Å². The fourth-order valence-corrected chi connectivity index (χ4v) is 11.1. The van der Waals surface area contributed by atoms with Gasteiger partial charge in [-0.3, -0.25) is 26.7 Å². The standard InChI is InChI=1S/C42H56N2O14S4/c1-30(14-12-16-37-41(2,28-39(45)46)33-26-31(59(6,7)49)18-20-35(33)44(37)23-9-11-25-61(53,54)57-4)15-13-17-38-42(3,29-40(47)48)34-27-32(62(55,56)58-5)19-21-36(34)43(38)22-8-10-24-60(50,51)52/h12-20,26-27,36H,6,8-11,21-25,28-29H2,1-5,7H3,(H2-,45,46,47,48,50,51,52)/p+1. The topological polar surface area (TPSA) is 239 Å². The van der Waals surface area contributed by atoms with Crippen molar-refractivity contribution < 1.29 is 66.8 Å². The molecule has 16 nitrogen and oxygen atoms in total. The number of allylic oxidation sites excluding steroid dienone is 9. The Morgan fingerprint density at radius 2 is 1.58 bits per heavy atom. The minimum Gasteiger partial charge on any atom is -0.481 e. The van der Waals surface area contributed by atoms with E-state index in [0.717, 1.165) is 19.8 Å². The van der Waals surface area contributed by atoms with Gasteiger partial charge in [0.25, 0.3) is 30.4 Å². The summed E-state index contributed by atoms with van der Waals surface area (Å²) in [7, 11) is -12.5. The Bertz CT molecular complexity index is 2620. The molecule has 2 aliphatic heterocycles. The largest absolute Gasteiger partial charge is 0.481 e. The number of carbonyl (C=O) groups is 2. The van der Waals surface area contributed by atoms with Crippen LogP contribution in [0.15, 0.2) is 93.5 Å². The molecule has 0 saturated carbocycles. The highest BCUT2D eigenvalue weighted by Gasteiger charge is 2.54. The maximum Gasteiger partial charge on any atom is 0.304 e. The zero-order valence-corrected chi connectivity index (χ0v) is 39.0. The number of unbranched alkanes of at least 4 members (excludes halogenated alkanes) is 2. The molecule has 3 aliphatic rings. The second kappa shape index (κ2) is 19.7. The summed E-state index contributed by atoms with van der Waals surface area (Å²) < 4.78 is 106. The van der Waals surface area contributed by atoms with Gasteiger partial charge in [0.2, 0.25) is 0 Å². The van der Waals surface area contributed by atoms with Crippen molar-refractivity contribution in [2.24, 2.45) is 5.41 Å². The van der Waals surface area contributed by atoms with Crippen molar-refractivity contribution in [3.8, 4) is 0 Å². The molecule has 20 heteroatoms. The summed E-state index contributed by atoms with van der Waals surface area (Å²) in [6.45, 7) is 5.96. The summed E-state index contributed by atoms with van der Waals surface area (Å²) in [5.74, 6) is 0.972. The predicted octanol–water partition coefficient (Wildman–Crippen LogP) is 4.82. The van der Waals surface area contributed by atoms with Crippen LogP contribution >= 0.6 is 0 Å². The van der Waals surface area contributed by atoms with Gasteiger partial charge >= 0.3 is 11.9 Å². The molecule has 0 fully saturated rings. The molecule has 2 heterocycles. The molecule has 62 heavy (non-hydrogen) atoms. The van der Waals surface area contributed by atoms with Crippen molar-refractivity contribution in [1.29, 1.82) is 0 Å². The first-order valence-electron chi connectivity index (χ1n) is 19.7. The molecule has 0 amide bonds. The van der Waals surface area contributed by atoms with Gasteiger partial charge in [-0.25, -0.2) is 4.58 Å². The maximum atomic E-state index is 13.0. The summed E-state index contributed by atoms with van der Waals surface area (Å²) >= 11 is 0. The van der Waals surface area contributed by atoms with Crippen LogP contribution < -0.4 is 4.90 Å². The van der Waals surface area contributed by atoms with Crippen LogP contribution in [0.2, 0.25) is 0 Å².